The third-order valence-electron chi connectivity index (χ3n) is 7.17. The maximum absolute atomic E-state index is 12.9. The van der Waals surface area contributed by atoms with Gasteiger partial charge in [-0.05, 0) is 81.3 Å². The summed E-state index contributed by atoms with van der Waals surface area (Å²) >= 11 is 1.46. The van der Waals surface area contributed by atoms with Crippen molar-refractivity contribution in [3.05, 3.63) is 83.9 Å². The van der Waals surface area contributed by atoms with Crippen molar-refractivity contribution >= 4 is 33.3 Å². The Morgan fingerprint density at radius 1 is 1.00 bits per heavy atom. The second-order valence-electron chi connectivity index (χ2n) is 10.8. The van der Waals surface area contributed by atoms with Crippen LogP contribution < -0.4 is 4.74 Å². The standard InChI is InChI=1S/C32H34N2O5S2/c1-23-6-14-28(15-7-23)41(37,38)29-16-12-27(13-17-29)39-26-10-8-24(9-11-26)19-25(35)20-40-21-30(32(2,3)22-33)34-18-4-5-31(34)36/h6-17,30H,4-5,18-21H2,1-3H3. The molecule has 1 atom stereocenters. The molecule has 0 aromatic heterocycles. The van der Waals surface area contributed by atoms with Gasteiger partial charge in [0.25, 0.3) is 0 Å². The van der Waals surface area contributed by atoms with Crippen LogP contribution in [0.2, 0.25) is 0 Å². The molecule has 3 aromatic rings. The van der Waals surface area contributed by atoms with Gasteiger partial charge in [0.15, 0.2) is 0 Å². The van der Waals surface area contributed by atoms with E-state index in [1.807, 2.05) is 32.9 Å². The van der Waals surface area contributed by atoms with Gasteiger partial charge in [0, 0.05) is 25.1 Å². The second-order valence-corrected chi connectivity index (χ2v) is 13.8. The number of hydrogen-bond donors (Lipinski definition) is 0. The maximum atomic E-state index is 12.9. The number of likely N-dealkylation sites (tertiary alicyclic amines) is 1. The number of carbonyl (C=O) groups is 2. The third kappa shape index (κ3) is 7.57. The van der Waals surface area contributed by atoms with E-state index in [2.05, 4.69) is 6.07 Å². The molecule has 0 aliphatic carbocycles. The van der Waals surface area contributed by atoms with E-state index in [0.29, 0.717) is 36.0 Å². The summed E-state index contributed by atoms with van der Waals surface area (Å²) in [7, 11) is -3.61. The number of sulfone groups is 1. The third-order valence-corrected chi connectivity index (χ3v) is 10.0. The Labute approximate surface area is 246 Å². The predicted octanol–water partition coefficient (Wildman–Crippen LogP) is 6.01. The summed E-state index contributed by atoms with van der Waals surface area (Å²) in [5.41, 5.74) is 1.15. The number of hydrogen-bond acceptors (Lipinski definition) is 7. The van der Waals surface area contributed by atoms with E-state index < -0.39 is 15.3 Å². The zero-order valence-electron chi connectivity index (χ0n) is 23.5. The van der Waals surface area contributed by atoms with Crippen LogP contribution in [0.1, 0.15) is 37.8 Å². The molecular weight excluding hydrogens is 556 g/mol. The molecule has 3 aromatic carbocycles. The average molecular weight is 591 g/mol. The van der Waals surface area contributed by atoms with E-state index in [0.717, 1.165) is 17.5 Å². The van der Waals surface area contributed by atoms with Gasteiger partial charge in [-0.15, -0.1) is 0 Å². The molecule has 1 amide bonds. The fourth-order valence-corrected chi connectivity index (χ4v) is 7.20. The Morgan fingerprint density at radius 2 is 1.56 bits per heavy atom. The lowest BCUT2D eigenvalue weighted by molar-refractivity contribution is -0.130. The minimum atomic E-state index is -3.61. The number of nitriles is 1. The predicted molar refractivity (Wildman–Crippen MR) is 160 cm³/mol. The van der Waals surface area contributed by atoms with Gasteiger partial charge >= 0.3 is 0 Å². The minimum Gasteiger partial charge on any atom is -0.457 e. The average Bonchev–Trinajstić information content (AvgIpc) is 3.37. The zero-order valence-corrected chi connectivity index (χ0v) is 25.1. The molecule has 1 aliphatic rings. The molecule has 214 valence electrons. The minimum absolute atomic E-state index is 0.0651. The molecule has 7 nitrogen and oxygen atoms in total. The smallest absolute Gasteiger partial charge is 0.222 e. The number of aryl methyl sites for hydroxylation is 1. The molecule has 0 bridgehead atoms. The highest BCUT2D eigenvalue weighted by Crippen LogP contribution is 2.31. The molecule has 9 heteroatoms. The van der Waals surface area contributed by atoms with Crippen molar-refractivity contribution in [3.63, 3.8) is 0 Å². The van der Waals surface area contributed by atoms with Crippen molar-refractivity contribution in [2.75, 3.05) is 18.1 Å². The monoisotopic (exact) mass is 590 g/mol. The fourth-order valence-electron chi connectivity index (χ4n) is 4.68. The molecule has 1 saturated heterocycles. The number of nitrogens with zero attached hydrogens (tertiary/aromatic N) is 2. The SMILES string of the molecule is Cc1ccc(S(=O)(=O)c2ccc(Oc3ccc(CC(=O)CSCC(N4CCCC4=O)C(C)(C)C#N)cc3)cc2)cc1. The molecular formula is C32H34N2O5S2. The van der Waals surface area contributed by atoms with Crippen molar-refractivity contribution in [3.8, 4) is 17.6 Å². The Kier molecular flexibility index (Phi) is 9.57. The lowest BCUT2D eigenvalue weighted by atomic mass is 9.86. The quantitative estimate of drug-likeness (QED) is 0.255. The van der Waals surface area contributed by atoms with Crippen LogP contribution in [-0.4, -0.2) is 49.1 Å². The van der Waals surface area contributed by atoms with Gasteiger partial charge in [-0.3, -0.25) is 9.59 Å². The highest BCUT2D eigenvalue weighted by Gasteiger charge is 2.38. The van der Waals surface area contributed by atoms with Crippen LogP contribution >= 0.6 is 11.8 Å². The molecule has 0 N–H and O–H groups in total. The maximum Gasteiger partial charge on any atom is 0.222 e. The van der Waals surface area contributed by atoms with Crippen LogP contribution in [0.4, 0.5) is 0 Å². The largest absolute Gasteiger partial charge is 0.457 e. The van der Waals surface area contributed by atoms with E-state index in [9.17, 15) is 23.3 Å². The van der Waals surface area contributed by atoms with Gasteiger partial charge < -0.3 is 9.64 Å². The van der Waals surface area contributed by atoms with Crippen LogP contribution in [-0.2, 0) is 25.8 Å². The van der Waals surface area contributed by atoms with Gasteiger partial charge in [0.05, 0.1) is 33.1 Å². The molecule has 4 rings (SSSR count). The Morgan fingerprint density at radius 3 is 2.10 bits per heavy atom. The Balaban J connectivity index is 1.29. The van der Waals surface area contributed by atoms with E-state index >= 15 is 0 Å². The van der Waals surface area contributed by atoms with E-state index in [4.69, 9.17) is 4.74 Å². The first-order valence-corrected chi connectivity index (χ1v) is 16.1. The molecule has 0 radical (unpaired) electrons. The van der Waals surface area contributed by atoms with Crippen molar-refractivity contribution in [1.29, 1.82) is 5.26 Å². The first-order valence-electron chi connectivity index (χ1n) is 13.5. The van der Waals surface area contributed by atoms with E-state index in [1.165, 1.54) is 23.9 Å². The summed E-state index contributed by atoms with van der Waals surface area (Å²) in [5, 5.41) is 9.63. The fraction of sp³-hybridized carbons (Fsp3) is 0.344. The number of thioether (sulfide) groups is 1. The first kappa shape index (κ1) is 30.4. The topological polar surface area (TPSA) is 105 Å². The van der Waals surface area contributed by atoms with Crippen LogP contribution in [0.5, 0.6) is 11.5 Å². The number of Topliss-reactive ketones (excluding diaryl/α,β-unsaturated/α-hetero) is 1. The van der Waals surface area contributed by atoms with Gasteiger partial charge in [-0.2, -0.15) is 17.0 Å². The number of carbonyl (C=O) groups excluding carboxylic acids is 2. The van der Waals surface area contributed by atoms with Crippen LogP contribution in [0.25, 0.3) is 0 Å². The van der Waals surface area contributed by atoms with Crippen LogP contribution in [0, 0.1) is 23.7 Å². The van der Waals surface area contributed by atoms with Crippen molar-refractivity contribution in [2.24, 2.45) is 5.41 Å². The van der Waals surface area contributed by atoms with Gasteiger partial charge in [0.1, 0.15) is 17.3 Å². The lowest BCUT2D eigenvalue weighted by Gasteiger charge is -2.35. The number of benzene rings is 3. The molecule has 1 aliphatic heterocycles. The summed E-state index contributed by atoms with van der Waals surface area (Å²) < 4.78 is 31.6. The van der Waals surface area contributed by atoms with Crippen molar-refractivity contribution in [1.82, 2.24) is 4.90 Å². The van der Waals surface area contributed by atoms with Gasteiger partial charge in [0.2, 0.25) is 15.7 Å². The summed E-state index contributed by atoms with van der Waals surface area (Å²) in [6.45, 7) is 6.25. The Hall–Kier alpha value is -3.61. The van der Waals surface area contributed by atoms with E-state index in [1.54, 1.807) is 53.4 Å². The number of ether oxygens (including phenoxy) is 1. The van der Waals surface area contributed by atoms with Gasteiger partial charge in [-0.25, -0.2) is 8.42 Å². The summed E-state index contributed by atoms with van der Waals surface area (Å²) in [6, 6.07) is 22.3. The lowest BCUT2D eigenvalue weighted by Crippen LogP contribution is -2.47. The molecule has 0 spiro atoms. The number of ketones is 1. The van der Waals surface area contributed by atoms with Crippen LogP contribution in [0.15, 0.2) is 82.6 Å². The van der Waals surface area contributed by atoms with Crippen molar-refractivity contribution < 1.29 is 22.7 Å². The van der Waals surface area contributed by atoms with Crippen molar-refractivity contribution in [2.45, 2.75) is 55.9 Å². The van der Waals surface area contributed by atoms with Crippen LogP contribution in [0.3, 0.4) is 0 Å². The Bertz CT molecular complexity index is 1520. The second kappa shape index (κ2) is 12.9. The van der Waals surface area contributed by atoms with E-state index in [-0.39, 0.29) is 33.9 Å². The molecule has 41 heavy (non-hydrogen) atoms. The zero-order chi connectivity index (χ0) is 29.6. The highest BCUT2D eigenvalue weighted by molar-refractivity contribution is 8.00. The molecule has 1 unspecified atom stereocenters. The normalized spacial score (nSPS) is 14.5. The number of amides is 1. The molecule has 1 fully saturated rings. The highest BCUT2D eigenvalue weighted by atomic mass is 32.2. The molecule has 0 saturated carbocycles. The summed E-state index contributed by atoms with van der Waals surface area (Å²) in [5.74, 6) is 2.05. The summed E-state index contributed by atoms with van der Waals surface area (Å²) in [4.78, 5) is 27.2. The summed E-state index contributed by atoms with van der Waals surface area (Å²) in [6.07, 6.45) is 1.59. The van der Waals surface area contributed by atoms with Gasteiger partial charge in [-0.1, -0.05) is 29.8 Å². The molecule has 1 heterocycles. The first-order chi connectivity index (χ1) is 19.5. The number of rotatable bonds is 12.